The van der Waals surface area contributed by atoms with E-state index in [1.165, 1.54) is 6.07 Å². The minimum absolute atomic E-state index is 0.202. The molecule has 0 atom stereocenters. The predicted octanol–water partition coefficient (Wildman–Crippen LogP) is 2.79. The second-order valence-electron chi connectivity index (χ2n) is 6.35. The van der Waals surface area contributed by atoms with E-state index in [0.717, 1.165) is 12.1 Å². The molecule has 134 valence electrons. The second kappa shape index (κ2) is 7.57. The number of anilines is 1. The third-order valence-corrected chi connectivity index (χ3v) is 6.16. The summed E-state index contributed by atoms with van der Waals surface area (Å²) < 4.78 is 53.5. The molecule has 5 nitrogen and oxygen atoms in total. The van der Waals surface area contributed by atoms with E-state index in [1.54, 1.807) is 13.8 Å². The number of benzene rings is 1. The fourth-order valence-corrected chi connectivity index (χ4v) is 3.66. The number of sulfonamides is 1. The maximum absolute atomic E-state index is 13.6. The van der Waals surface area contributed by atoms with Crippen molar-refractivity contribution >= 4 is 21.6 Å². The highest BCUT2D eigenvalue weighted by Crippen LogP contribution is 2.27. The molecular weight excluding hydrogens is 338 g/mol. The summed E-state index contributed by atoms with van der Waals surface area (Å²) in [7, 11) is -3.35. The molecule has 1 amide bonds. The standard InChI is InChI=1S/C16H22F2N2O3S/c1-10(2)24(22,23)20-12-8-6-11(7-9-12)16(21)19-15-13(17)4-3-5-14(15)18/h3-5,10-12,20H,6-9H2,1-2H3,(H,19,21)/t11-,12-. The predicted molar refractivity (Wildman–Crippen MR) is 87.9 cm³/mol. The minimum atomic E-state index is -3.35. The maximum Gasteiger partial charge on any atom is 0.227 e. The van der Waals surface area contributed by atoms with Crippen molar-refractivity contribution in [3.63, 3.8) is 0 Å². The van der Waals surface area contributed by atoms with E-state index in [2.05, 4.69) is 10.0 Å². The Morgan fingerprint density at radius 3 is 2.17 bits per heavy atom. The van der Waals surface area contributed by atoms with Gasteiger partial charge < -0.3 is 5.32 Å². The van der Waals surface area contributed by atoms with Crippen LogP contribution in [-0.2, 0) is 14.8 Å². The van der Waals surface area contributed by atoms with Crippen molar-refractivity contribution in [3.05, 3.63) is 29.8 Å². The van der Waals surface area contributed by atoms with Gasteiger partial charge in [-0.05, 0) is 51.7 Å². The first kappa shape index (κ1) is 18.8. The van der Waals surface area contributed by atoms with Gasteiger partial charge in [-0.2, -0.15) is 0 Å². The Morgan fingerprint density at radius 2 is 1.67 bits per heavy atom. The van der Waals surface area contributed by atoms with Gasteiger partial charge in [0.1, 0.15) is 17.3 Å². The summed E-state index contributed by atoms with van der Waals surface area (Å²) in [5.41, 5.74) is -0.440. The molecule has 8 heteroatoms. The molecule has 0 radical (unpaired) electrons. The van der Waals surface area contributed by atoms with E-state index in [1.807, 2.05) is 0 Å². The highest BCUT2D eigenvalue weighted by atomic mass is 32.2. The minimum Gasteiger partial charge on any atom is -0.321 e. The average molecular weight is 360 g/mol. The third-order valence-electron chi connectivity index (χ3n) is 4.26. The molecule has 24 heavy (non-hydrogen) atoms. The van der Waals surface area contributed by atoms with Crippen LogP contribution in [0.1, 0.15) is 39.5 Å². The van der Waals surface area contributed by atoms with Crippen LogP contribution in [0.4, 0.5) is 14.5 Å². The smallest absolute Gasteiger partial charge is 0.227 e. The Kier molecular flexibility index (Phi) is 5.92. The number of rotatable bonds is 5. The Bertz CT molecular complexity index is 679. The van der Waals surface area contributed by atoms with Gasteiger partial charge in [-0.15, -0.1) is 0 Å². The fourth-order valence-electron chi connectivity index (χ4n) is 2.68. The van der Waals surface area contributed by atoms with E-state index in [0.29, 0.717) is 25.7 Å². The second-order valence-corrected chi connectivity index (χ2v) is 8.61. The fraction of sp³-hybridized carbons (Fsp3) is 0.562. The highest BCUT2D eigenvalue weighted by Gasteiger charge is 2.30. The van der Waals surface area contributed by atoms with Gasteiger partial charge in [-0.25, -0.2) is 21.9 Å². The van der Waals surface area contributed by atoms with Gasteiger partial charge in [0, 0.05) is 12.0 Å². The van der Waals surface area contributed by atoms with Gasteiger partial charge in [0.15, 0.2) is 0 Å². The molecule has 1 aromatic carbocycles. The molecule has 0 bridgehead atoms. The van der Waals surface area contributed by atoms with Crippen LogP contribution in [0, 0.1) is 17.6 Å². The molecule has 0 saturated heterocycles. The molecule has 1 aliphatic carbocycles. The third kappa shape index (κ3) is 4.51. The lowest BCUT2D eigenvalue weighted by molar-refractivity contribution is -0.120. The highest BCUT2D eigenvalue weighted by molar-refractivity contribution is 7.90. The van der Waals surface area contributed by atoms with Crippen molar-refractivity contribution in [3.8, 4) is 0 Å². The lowest BCUT2D eigenvalue weighted by Gasteiger charge is -2.28. The molecular formula is C16H22F2N2O3S. The van der Waals surface area contributed by atoms with Crippen LogP contribution < -0.4 is 10.0 Å². The van der Waals surface area contributed by atoms with E-state index in [4.69, 9.17) is 0 Å². The van der Waals surface area contributed by atoms with Crippen molar-refractivity contribution in [2.24, 2.45) is 5.92 Å². The lowest BCUT2D eigenvalue weighted by Crippen LogP contribution is -2.42. The Balaban J connectivity index is 1.91. The maximum atomic E-state index is 13.6. The topological polar surface area (TPSA) is 75.3 Å². The van der Waals surface area contributed by atoms with Gasteiger partial charge in [0.2, 0.25) is 15.9 Å². The van der Waals surface area contributed by atoms with Crippen molar-refractivity contribution in [1.29, 1.82) is 0 Å². The summed E-state index contributed by atoms with van der Waals surface area (Å²) in [6.45, 7) is 3.20. The number of hydrogen-bond donors (Lipinski definition) is 2. The van der Waals surface area contributed by atoms with Crippen LogP contribution in [0.5, 0.6) is 0 Å². The van der Waals surface area contributed by atoms with Crippen LogP contribution >= 0.6 is 0 Å². The first-order valence-electron chi connectivity index (χ1n) is 7.96. The Morgan fingerprint density at radius 1 is 1.12 bits per heavy atom. The van der Waals surface area contributed by atoms with Gasteiger partial charge >= 0.3 is 0 Å². The van der Waals surface area contributed by atoms with Crippen LogP contribution in [0.15, 0.2) is 18.2 Å². The van der Waals surface area contributed by atoms with Gasteiger partial charge in [0.05, 0.1) is 5.25 Å². The number of hydrogen-bond acceptors (Lipinski definition) is 3. The molecule has 0 heterocycles. The van der Waals surface area contributed by atoms with E-state index in [-0.39, 0.29) is 12.0 Å². The summed E-state index contributed by atoms with van der Waals surface area (Å²) in [5, 5.41) is 1.79. The largest absolute Gasteiger partial charge is 0.321 e. The first-order valence-corrected chi connectivity index (χ1v) is 9.51. The number of halogens is 2. The molecule has 1 saturated carbocycles. The monoisotopic (exact) mass is 360 g/mol. The number of para-hydroxylation sites is 1. The number of nitrogens with one attached hydrogen (secondary N) is 2. The number of carbonyl (C=O) groups excluding carboxylic acids is 1. The van der Waals surface area contributed by atoms with Crippen molar-refractivity contribution < 1.29 is 22.0 Å². The lowest BCUT2D eigenvalue weighted by atomic mass is 9.86. The number of carbonyl (C=O) groups is 1. The van der Waals surface area contributed by atoms with Crippen molar-refractivity contribution in [2.75, 3.05) is 5.32 Å². The van der Waals surface area contributed by atoms with Gasteiger partial charge in [0.25, 0.3) is 0 Å². The molecule has 1 aromatic rings. The van der Waals surface area contributed by atoms with E-state index < -0.39 is 38.5 Å². The molecule has 2 rings (SSSR count). The molecule has 1 aliphatic rings. The summed E-state index contributed by atoms with van der Waals surface area (Å²) in [4.78, 5) is 12.2. The van der Waals surface area contributed by atoms with E-state index >= 15 is 0 Å². The molecule has 0 spiro atoms. The SMILES string of the molecule is CC(C)S(=O)(=O)N[C@H]1CC[C@H](C(=O)Nc2c(F)cccc2F)CC1. The molecule has 0 unspecified atom stereocenters. The van der Waals surface area contributed by atoms with Gasteiger partial charge in [-0.3, -0.25) is 4.79 Å². The normalized spacial score (nSPS) is 21.7. The zero-order valence-electron chi connectivity index (χ0n) is 13.7. The van der Waals surface area contributed by atoms with Crippen LogP contribution in [0.25, 0.3) is 0 Å². The van der Waals surface area contributed by atoms with Crippen LogP contribution in [-0.4, -0.2) is 25.6 Å². The molecule has 0 aliphatic heterocycles. The van der Waals surface area contributed by atoms with Crippen molar-refractivity contribution in [2.45, 2.75) is 50.8 Å². The Hall–Kier alpha value is -1.54. The van der Waals surface area contributed by atoms with Crippen LogP contribution in [0.3, 0.4) is 0 Å². The van der Waals surface area contributed by atoms with Gasteiger partial charge in [-0.1, -0.05) is 6.07 Å². The van der Waals surface area contributed by atoms with Crippen LogP contribution in [0.2, 0.25) is 0 Å². The molecule has 2 N–H and O–H groups in total. The Labute approximate surface area is 140 Å². The average Bonchev–Trinajstić information content (AvgIpc) is 2.51. The van der Waals surface area contributed by atoms with Crippen molar-refractivity contribution in [1.82, 2.24) is 4.72 Å². The summed E-state index contributed by atoms with van der Waals surface area (Å²) in [6.07, 6.45) is 1.97. The summed E-state index contributed by atoms with van der Waals surface area (Å²) >= 11 is 0. The molecule has 0 aromatic heterocycles. The first-order chi connectivity index (χ1) is 11.2. The number of amides is 1. The zero-order valence-corrected chi connectivity index (χ0v) is 14.5. The quantitative estimate of drug-likeness (QED) is 0.848. The summed E-state index contributed by atoms with van der Waals surface area (Å²) in [6, 6.07) is 3.19. The zero-order chi connectivity index (χ0) is 17.9. The summed E-state index contributed by atoms with van der Waals surface area (Å²) in [5.74, 6) is -2.46. The molecule has 1 fully saturated rings. The van der Waals surface area contributed by atoms with E-state index in [9.17, 15) is 22.0 Å².